The van der Waals surface area contributed by atoms with Gasteiger partial charge in [-0.3, -0.25) is 4.79 Å². The number of carbonyl (C=O) groups is 1. The van der Waals surface area contributed by atoms with Gasteiger partial charge in [-0.05, 0) is 48.5 Å². The molecule has 8 nitrogen and oxygen atoms in total. The summed E-state index contributed by atoms with van der Waals surface area (Å²) in [6.07, 6.45) is 3.10. The number of amides is 1. The molecule has 0 unspecified atom stereocenters. The quantitative estimate of drug-likeness (QED) is 0.403. The van der Waals surface area contributed by atoms with Gasteiger partial charge in [0.2, 0.25) is 5.88 Å². The third-order valence-electron chi connectivity index (χ3n) is 4.86. The molecule has 2 heterocycles. The number of ether oxygens (including phenoxy) is 1. The molecule has 33 heavy (non-hydrogen) atoms. The first-order chi connectivity index (χ1) is 16.2. The van der Waals surface area contributed by atoms with Crippen LogP contribution in [0, 0.1) is 0 Å². The van der Waals surface area contributed by atoms with E-state index >= 15 is 0 Å². The Labute approximate surface area is 193 Å². The fourth-order valence-electron chi connectivity index (χ4n) is 3.27. The van der Waals surface area contributed by atoms with Crippen molar-refractivity contribution in [2.24, 2.45) is 0 Å². The molecule has 0 saturated carbocycles. The first-order valence-electron chi connectivity index (χ1n) is 10.1. The standard InChI is InChI=1S/C24H17ClN6O2/c25-19-6-2-4-8-21(19)28-22(32)13-33-24-18-5-1-3-7-20(18)29-23(30-24)16-9-11-17(12-10-16)31-15-26-14-27-31/h1-12,14-15H,13H2,(H,28,32). The van der Waals surface area contributed by atoms with Crippen molar-refractivity contribution in [1.29, 1.82) is 0 Å². The minimum Gasteiger partial charge on any atom is -0.467 e. The van der Waals surface area contributed by atoms with Crippen molar-refractivity contribution < 1.29 is 9.53 Å². The van der Waals surface area contributed by atoms with E-state index in [0.29, 0.717) is 33.3 Å². The van der Waals surface area contributed by atoms with E-state index < -0.39 is 0 Å². The van der Waals surface area contributed by atoms with Crippen molar-refractivity contribution in [3.63, 3.8) is 0 Å². The van der Waals surface area contributed by atoms with Crippen LogP contribution in [0.15, 0.2) is 85.5 Å². The summed E-state index contributed by atoms with van der Waals surface area (Å²) in [7, 11) is 0. The SMILES string of the molecule is O=C(COc1nc(-c2ccc(-n3cncn3)cc2)nc2ccccc12)Nc1ccccc1Cl. The number of aromatic nitrogens is 5. The minimum atomic E-state index is -0.343. The Balaban J connectivity index is 1.40. The smallest absolute Gasteiger partial charge is 0.262 e. The highest BCUT2D eigenvalue weighted by molar-refractivity contribution is 6.33. The van der Waals surface area contributed by atoms with E-state index in [1.54, 1.807) is 35.3 Å². The van der Waals surface area contributed by atoms with Crippen LogP contribution in [0.2, 0.25) is 5.02 Å². The third kappa shape index (κ3) is 4.51. The molecular weight excluding hydrogens is 440 g/mol. The van der Waals surface area contributed by atoms with Crippen LogP contribution >= 0.6 is 11.6 Å². The second-order valence-electron chi connectivity index (χ2n) is 7.07. The lowest BCUT2D eigenvalue weighted by molar-refractivity contribution is -0.118. The molecule has 3 aromatic carbocycles. The zero-order valence-corrected chi connectivity index (χ0v) is 18.0. The summed E-state index contributed by atoms with van der Waals surface area (Å²) in [6, 6.07) is 22.1. The fraction of sp³-hybridized carbons (Fsp3) is 0.0417. The molecule has 0 aliphatic carbocycles. The lowest BCUT2D eigenvalue weighted by Gasteiger charge is -2.11. The maximum Gasteiger partial charge on any atom is 0.262 e. The van der Waals surface area contributed by atoms with Gasteiger partial charge in [-0.25, -0.2) is 14.6 Å². The molecular formula is C24H17ClN6O2. The van der Waals surface area contributed by atoms with Gasteiger partial charge in [-0.1, -0.05) is 35.9 Å². The van der Waals surface area contributed by atoms with Crippen LogP contribution in [-0.4, -0.2) is 37.2 Å². The molecule has 1 N–H and O–H groups in total. The zero-order chi connectivity index (χ0) is 22.6. The molecule has 0 bridgehead atoms. The predicted molar refractivity (Wildman–Crippen MR) is 125 cm³/mol. The van der Waals surface area contributed by atoms with E-state index in [1.165, 1.54) is 6.33 Å². The Bertz CT molecular complexity index is 1420. The molecule has 0 spiro atoms. The van der Waals surface area contributed by atoms with Gasteiger partial charge >= 0.3 is 0 Å². The first kappa shape index (κ1) is 20.6. The van der Waals surface area contributed by atoms with Gasteiger partial charge in [0.15, 0.2) is 12.4 Å². The van der Waals surface area contributed by atoms with E-state index in [0.717, 1.165) is 11.3 Å². The molecule has 5 rings (SSSR count). The lowest BCUT2D eigenvalue weighted by atomic mass is 10.1. The molecule has 0 aliphatic heterocycles. The maximum atomic E-state index is 12.4. The Kier molecular flexibility index (Phi) is 5.65. The Hall–Kier alpha value is -4.30. The number of hydrogen-bond acceptors (Lipinski definition) is 6. The summed E-state index contributed by atoms with van der Waals surface area (Å²) in [5.41, 5.74) is 2.90. The highest BCUT2D eigenvalue weighted by Gasteiger charge is 2.13. The van der Waals surface area contributed by atoms with Crippen LogP contribution in [0.25, 0.3) is 28.0 Å². The largest absolute Gasteiger partial charge is 0.467 e. The van der Waals surface area contributed by atoms with Crippen LogP contribution in [-0.2, 0) is 4.79 Å². The van der Waals surface area contributed by atoms with Crippen LogP contribution in [0.5, 0.6) is 5.88 Å². The van der Waals surface area contributed by atoms with E-state index in [9.17, 15) is 4.79 Å². The number of fused-ring (bicyclic) bond motifs is 1. The topological polar surface area (TPSA) is 94.8 Å². The average molecular weight is 457 g/mol. The first-order valence-corrected chi connectivity index (χ1v) is 10.4. The van der Waals surface area contributed by atoms with Gasteiger partial charge in [0.25, 0.3) is 5.91 Å². The molecule has 162 valence electrons. The predicted octanol–water partition coefficient (Wildman–Crippen LogP) is 4.55. The van der Waals surface area contributed by atoms with Crippen LogP contribution < -0.4 is 10.1 Å². The van der Waals surface area contributed by atoms with Gasteiger partial charge < -0.3 is 10.1 Å². The Morgan fingerprint density at radius 2 is 1.76 bits per heavy atom. The number of nitrogens with one attached hydrogen (secondary N) is 1. The van der Waals surface area contributed by atoms with Gasteiger partial charge in [0, 0.05) is 5.56 Å². The molecule has 0 fully saturated rings. The number of hydrogen-bond donors (Lipinski definition) is 1. The van der Waals surface area contributed by atoms with Crippen LogP contribution in [0.4, 0.5) is 5.69 Å². The van der Waals surface area contributed by atoms with Crippen molar-refractivity contribution in [2.75, 3.05) is 11.9 Å². The summed E-state index contributed by atoms with van der Waals surface area (Å²) >= 11 is 6.11. The summed E-state index contributed by atoms with van der Waals surface area (Å²) in [5, 5.41) is 8.04. The van der Waals surface area contributed by atoms with E-state index in [-0.39, 0.29) is 12.5 Å². The number of carbonyl (C=O) groups excluding carboxylic acids is 1. The van der Waals surface area contributed by atoms with Crippen molar-refractivity contribution in [1.82, 2.24) is 24.7 Å². The molecule has 2 aromatic heterocycles. The molecule has 5 aromatic rings. The van der Waals surface area contributed by atoms with Crippen molar-refractivity contribution in [3.8, 4) is 23.0 Å². The molecule has 9 heteroatoms. The lowest BCUT2D eigenvalue weighted by Crippen LogP contribution is -2.20. The Morgan fingerprint density at radius 3 is 2.55 bits per heavy atom. The highest BCUT2D eigenvalue weighted by Crippen LogP contribution is 2.27. The number of halogens is 1. The zero-order valence-electron chi connectivity index (χ0n) is 17.2. The van der Waals surface area contributed by atoms with E-state index in [2.05, 4.69) is 25.4 Å². The number of anilines is 1. The van der Waals surface area contributed by atoms with Gasteiger partial charge in [0.1, 0.15) is 12.7 Å². The summed E-state index contributed by atoms with van der Waals surface area (Å²) in [4.78, 5) is 25.6. The molecule has 0 radical (unpaired) electrons. The van der Waals surface area contributed by atoms with Gasteiger partial charge in [0.05, 0.1) is 27.3 Å². The molecule has 0 saturated heterocycles. The molecule has 0 aliphatic rings. The summed E-state index contributed by atoms with van der Waals surface area (Å²) in [5.74, 6) is 0.468. The Morgan fingerprint density at radius 1 is 0.970 bits per heavy atom. The number of para-hydroxylation sites is 2. The van der Waals surface area contributed by atoms with E-state index in [4.69, 9.17) is 16.3 Å². The number of rotatable bonds is 6. The van der Waals surface area contributed by atoms with Crippen molar-refractivity contribution >= 4 is 34.1 Å². The summed E-state index contributed by atoms with van der Waals surface area (Å²) < 4.78 is 7.47. The highest BCUT2D eigenvalue weighted by atomic mass is 35.5. The number of benzene rings is 3. The third-order valence-corrected chi connectivity index (χ3v) is 5.19. The van der Waals surface area contributed by atoms with Crippen molar-refractivity contribution in [3.05, 3.63) is 90.5 Å². The number of nitrogens with zero attached hydrogens (tertiary/aromatic N) is 5. The maximum absolute atomic E-state index is 12.4. The fourth-order valence-corrected chi connectivity index (χ4v) is 3.46. The van der Waals surface area contributed by atoms with Gasteiger partial charge in [-0.15, -0.1) is 0 Å². The van der Waals surface area contributed by atoms with Gasteiger partial charge in [-0.2, -0.15) is 10.1 Å². The molecule has 1 amide bonds. The van der Waals surface area contributed by atoms with E-state index in [1.807, 2.05) is 48.5 Å². The molecule has 0 atom stereocenters. The van der Waals surface area contributed by atoms with Crippen LogP contribution in [0.3, 0.4) is 0 Å². The second-order valence-corrected chi connectivity index (χ2v) is 7.48. The normalized spacial score (nSPS) is 10.8. The van der Waals surface area contributed by atoms with Crippen LogP contribution in [0.1, 0.15) is 0 Å². The van der Waals surface area contributed by atoms with Crippen molar-refractivity contribution in [2.45, 2.75) is 0 Å². The second kappa shape index (κ2) is 9.05. The summed E-state index contributed by atoms with van der Waals surface area (Å²) in [6.45, 7) is -0.225. The monoisotopic (exact) mass is 456 g/mol. The minimum absolute atomic E-state index is 0.225. The average Bonchev–Trinajstić information content (AvgIpc) is 3.39.